The fraction of sp³-hybridized carbons (Fsp3) is 0.556. The highest BCUT2D eigenvalue weighted by Crippen LogP contribution is 2.19. The van der Waals surface area contributed by atoms with Crippen molar-refractivity contribution < 1.29 is 9.59 Å². The summed E-state index contributed by atoms with van der Waals surface area (Å²) in [6.07, 6.45) is 0.996. The van der Waals surface area contributed by atoms with Gasteiger partial charge in [0.2, 0.25) is 5.91 Å². The Kier molecular flexibility index (Phi) is 8.69. The third kappa shape index (κ3) is 5.59. The van der Waals surface area contributed by atoms with Gasteiger partial charge in [0.1, 0.15) is 6.04 Å². The van der Waals surface area contributed by atoms with E-state index in [0.29, 0.717) is 16.5 Å². The lowest BCUT2D eigenvalue weighted by Crippen LogP contribution is -2.50. The molecule has 2 atom stereocenters. The van der Waals surface area contributed by atoms with Gasteiger partial charge in [-0.2, -0.15) is 0 Å². The predicted molar refractivity (Wildman–Crippen MR) is 103 cm³/mol. The molecule has 7 heteroatoms. The molecule has 1 aliphatic heterocycles. The quantitative estimate of drug-likeness (QED) is 0.788. The molecule has 1 fully saturated rings. The molecule has 1 heterocycles. The van der Waals surface area contributed by atoms with Crippen molar-refractivity contribution in [3.63, 3.8) is 0 Å². The first-order chi connectivity index (χ1) is 11.4. The van der Waals surface area contributed by atoms with Crippen molar-refractivity contribution in [3.8, 4) is 0 Å². The molecule has 0 saturated carbocycles. The molecule has 0 spiro atoms. The van der Waals surface area contributed by atoms with E-state index in [0.717, 1.165) is 26.1 Å². The van der Waals surface area contributed by atoms with Gasteiger partial charge >= 0.3 is 0 Å². The minimum atomic E-state index is -0.540. The Morgan fingerprint density at radius 2 is 2.00 bits per heavy atom. The summed E-state index contributed by atoms with van der Waals surface area (Å²) in [7, 11) is 1.92. The number of hydrogen-bond acceptors (Lipinski definition) is 3. The molecule has 0 bridgehead atoms. The number of rotatable bonds is 6. The first-order valence-electron chi connectivity index (χ1n) is 8.42. The molecule has 0 aliphatic carbocycles. The van der Waals surface area contributed by atoms with E-state index in [-0.39, 0.29) is 30.1 Å². The number of hydrogen-bond donors (Lipinski definition) is 2. The van der Waals surface area contributed by atoms with Crippen LogP contribution in [0.3, 0.4) is 0 Å². The summed E-state index contributed by atoms with van der Waals surface area (Å²) >= 11 is 6.08. The second-order valence-electron chi connectivity index (χ2n) is 6.67. The number of benzene rings is 1. The summed E-state index contributed by atoms with van der Waals surface area (Å²) < 4.78 is 0. The molecule has 2 rings (SSSR count). The third-order valence-electron chi connectivity index (χ3n) is 4.43. The summed E-state index contributed by atoms with van der Waals surface area (Å²) in [5.74, 6) is 0.168. The van der Waals surface area contributed by atoms with Crippen LogP contribution in [-0.4, -0.2) is 49.4 Å². The largest absolute Gasteiger partial charge is 0.341 e. The van der Waals surface area contributed by atoms with Gasteiger partial charge in [-0.15, -0.1) is 12.4 Å². The summed E-state index contributed by atoms with van der Waals surface area (Å²) in [4.78, 5) is 27.2. The van der Waals surface area contributed by atoms with E-state index in [1.54, 1.807) is 24.3 Å². The van der Waals surface area contributed by atoms with Crippen molar-refractivity contribution in [2.24, 2.45) is 11.8 Å². The monoisotopic (exact) mass is 387 g/mol. The fourth-order valence-electron chi connectivity index (χ4n) is 3.06. The normalized spacial score (nSPS) is 18.0. The first-order valence-corrected chi connectivity index (χ1v) is 8.80. The highest BCUT2D eigenvalue weighted by Gasteiger charge is 2.33. The molecule has 2 N–H and O–H groups in total. The topological polar surface area (TPSA) is 61.4 Å². The van der Waals surface area contributed by atoms with Crippen molar-refractivity contribution in [2.75, 3.05) is 26.7 Å². The fourth-order valence-corrected chi connectivity index (χ4v) is 3.28. The zero-order valence-corrected chi connectivity index (χ0v) is 16.5. The summed E-state index contributed by atoms with van der Waals surface area (Å²) in [5, 5.41) is 6.41. The van der Waals surface area contributed by atoms with Crippen LogP contribution in [0, 0.1) is 11.8 Å². The second-order valence-corrected chi connectivity index (χ2v) is 7.08. The molecular weight excluding hydrogens is 361 g/mol. The van der Waals surface area contributed by atoms with E-state index in [4.69, 9.17) is 11.6 Å². The van der Waals surface area contributed by atoms with Gasteiger partial charge in [0.05, 0.1) is 10.6 Å². The maximum absolute atomic E-state index is 12.8. The molecule has 1 aromatic carbocycles. The van der Waals surface area contributed by atoms with Gasteiger partial charge in [-0.05, 0) is 44.0 Å². The van der Waals surface area contributed by atoms with E-state index in [1.165, 1.54) is 0 Å². The predicted octanol–water partition coefficient (Wildman–Crippen LogP) is 2.58. The Labute approximate surface area is 160 Å². The van der Waals surface area contributed by atoms with Crippen LogP contribution in [0.2, 0.25) is 5.02 Å². The van der Waals surface area contributed by atoms with Crippen LogP contribution < -0.4 is 10.6 Å². The molecular formula is C18H27Cl2N3O2. The molecule has 25 heavy (non-hydrogen) atoms. The molecule has 1 aliphatic rings. The molecule has 0 radical (unpaired) electrons. The number of halogens is 2. The Bertz CT molecular complexity index is 595. The lowest BCUT2D eigenvalue weighted by Gasteiger charge is -2.27. The zero-order valence-electron chi connectivity index (χ0n) is 14.9. The van der Waals surface area contributed by atoms with Crippen LogP contribution in [-0.2, 0) is 4.79 Å². The number of nitrogens with zero attached hydrogens (tertiary/aromatic N) is 1. The minimum absolute atomic E-state index is 0. The Hall–Kier alpha value is -1.30. The van der Waals surface area contributed by atoms with E-state index in [2.05, 4.69) is 10.6 Å². The summed E-state index contributed by atoms with van der Waals surface area (Å²) in [6, 6.07) is 6.33. The molecule has 2 amide bonds. The third-order valence-corrected chi connectivity index (χ3v) is 4.76. The summed E-state index contributed by atoms with van der Waals surface area (Å²) in [6.45, 7) is 6.27. The number of carbonyl (C=O) groups is 2. The van der Waals surface area contributed by atoms with E-state index in [9.17, 15) is 9.59 Å². The van der Waals surface area contributed by atoms with Crippen molar-refractivity contribution in [1.82, 2.24) is 15.5 Å². The molecule has 1 aromatic rings. The van der Waals surface area contributed by atoms with Gasteiger partial charge in [-0.25, -0.2) is 0 Å². The average Bonchev–Trinajstić information content (AvgIpc) is 3.01. The van der Waals surface area contributed by atoms with E-state index >= 15 is 0 Å². The molecule has 5 nitrogen and oxygen atoms in total. The molecule has 140 valence electrons. The molecule has 2 unspecified atom stereocenters. The van der Waals surface area contributed by atoms with Gasteiger partial charge in [-0.3, -0.25) is 9.59 Å². The van der Waals surface area contributed by atoms with Gasteiger partial charge in [-0.1, -0.05) is 37.6 Å². The molecule has 1 saturated heterocycles. The van der Waals surface area contributed by atoms with Crippen LogP contribution in [0.15, 0.2) is 24.3 Å². The van der Waals surface area contributed by atoms with Crippen LogP contribution in [0.1, 0.15) is 30.6 Å². The Morgan fingerprint density at radius 1 is 1.32 bits per heavy atom. The number of carbonyl (C=O) groups excluding carboxylic acids is 2. The lowest BCUT2D eigenvalue weighted by atomic mass is 10.0. The zero-order chi connectivity index (χ0) is 17.7. The Morgan fingerprint density at radius 3 is 2.60 bits per heavy atom. The van der Waals surface area contributed by atoms with Crippen molar-refractivity contribution in [1.29, 1.82) is 0 Å². The van der Waals surface area contributed by atoms with Crippen molar-refractivity contribution >= 4 is 35.8 Å². The average molecular weight is 388 g/mol. The SMILES string of the molecule is CNCC1CCN(C(=O)C(NC(=O)c2ccccc2Cl)C(C)C)C1.Cl. The maximum Gasteiger partial charge on any atom is 0.253 e. The second kappa shape index (κ2) is 10.00. The van der Waals surface area contributed by atoms with Gasteiger partial charge in [0.25, 0.3) is 5.91 Å². The first kappa shape index (κ1) is 21.7. The minimum Gasteiger partial charge on any atom is -0.341 e. The van der Waals surface area contributed by atoms with Gasteiger partial charge < -0.3 is 15.5 Å². The van der Waals surface area contributed by atoms with Crippen LogP contribution in [0.4, 0.5) is 0 Å². The van der Waals surface area contributed by atoms with E-state index in [1.807, 2.05) is 25.8 Å². The Balaban J connectivity index is 0.00000312. The van der Waals surface area contributed by atoms with Gasteiger partial charge in [0.15, 0.2) is 0 Å². The number of amides is 2. The maximum atomic E-state index is 12.8. The summed E-state index contributed by atoms with van der Waals surface area (Å²) in [5.41, 5.74) is 0.395. The molecule has 0 aromatic heterocycles. The van der Waals surface area contributed by atoms with Gasteiger partial charge in [0, 0.05) is 13.1 Å². The van der Waals surface area contributed by atoms with Crippen LogP contribution in [0.5, 0.6) is 0 Å². The van der Waals surface area contributed by atoms with Crippen LogP contribution >= 0.6 is 24.0 Å². The lowest BCUT2D eigenvalue weighted by molar-refractivity contribution is -0.133. The highest BCUT2D eigenvalue weighted by atomic mass is 35.5. The number of likely N-dealkylation sites (tertiary alicyclic amines) is 1. The van der Waals surface area contributed by atoms with Crippen molar-refractivity contribution in [3.05, 3.63) is 34.9 Å². The smallest absolute Gasteiger partial charge is 0.253 e. The number of nitrogens with one attached hydrogen (secondary N) is 2. The van der Waals surface area contributed by atoms with Crippen molar-refractivity contribution in [2.45, 2.75) is 26.3 Å². The van der Waals surface area contributed by atoms with Crippen LogP contribution in [0.25, 0.3) is 0 Å². The standard InChI is InChI=1S/C18H26ClN3O2.ClH/c1-12(2)16(18(24)22-9-8-13(11-22)10-20-3)21-17(23)14-6-4-5-7-15(14)19;/h4-7,12-13,16,20H,8-11H2,1-3H3,(H,21,23);1H. The van der Waals surface area contributed by atoms with E-state index < -0.39 is 6.04 Å². The highest BCUT2D eigenvalue weighted by molar-refractivity contribution is 6.33.